The number of imide groups is 1. The van der Waals surface area contributed by atoms with Crippen LogP contribution in [0.25, 0.3) is 22.2 Å². The van der Waals surface area contributed by atoms with E-state index < -0.39 is 62.9 Å². The number of alkyl halides is 1. The van der Waals surface area contributed by atoms with Crippen LogP contribution in [-0.4, -0.2) is 129 Å². The van der Waals surface area contributed by atoms with Crippen molar-refractivity contribution in [2.45, 2.75) is 44.3 Å². The molecular formula is C48H50F3N9O7S. The number of likely N-dealkylation sites (tertiary alicyclic amines) is 1. The van der Waals surface area contributed by atoms with E-state index in [0.717, 1.165) is 92.0 Å². The molecule has 5 fully saturated rings. The summed E-state index contributed by atoms with van der Waals surface area (Å²) in [5, 5.41) is 5.31. The van der Waals surface area contributed by atoms with Gasteiger partial charge in [0.15, 0.2) is 5.82 Å². The maximum atomic E-state index is 15.8. The van der Waals surface area contributed by atoms with Gasteiger partial charge in [-0.25, -0.2) is 18.2 Å². The summed E-state index contributed by atoms with van der Waals surface area (Å²) >= 11 is 0. The van der Waals surface area contributed by atoms with Crippen molar-refractivity contribution in [2.75, 3.05) is 80.5 Å². The number of pyridine rings is 1. The lowest BCUT2D eigenvalue weighted by molar-refractivity contribution is -0.134. The number of rotatable bonds is 13. The number of carbonyl (C=O) groups is 4. The number of carbonyl (C=O) groups excluding carboxylic acids is 4. The Morgan fingerprint density at radius 2 is 1.63 bits per heavy atom. The zero-order valence-electron chi connectivity index (χ0n) is 37.2. The number of H-pyrrole nitrogens is 1. The highest BCUT2D eigenvalue weighted by Gasteiger charge is 2.52. The summed E-state index contributed by atoms with van der Waals surface area (Å²) in [5.74, 6) is -3.81. The number of aromatic nitrogens is 2. The number of hydrogen-bond acceptors (Lipinski definition) is 11. The van der Waals surface area contributed by atoms with Crippen molar-refractivity contribution in [3.63, 3.8) is 0 Å². The molecule has 3 aromatic carbocycles. The van der Waals surface area contributed by atoms with Crippen LogP contribution in [-0.2, 0) is 19.8 Å². The molecule has 1 spiro atoms. The molecule has 0 bridgehead atoms. The summed E-state index contributed by atoms with van der Waals surface area (Å²) in [6, 6.07) is 16.2. The van der Waals surface area contributed by atoms with Gasteiger partial charge < -0.3 is 29.7 Å². The first-order valence-electron chi connectivity index (χ1n) is 22.7. The van der Waals surface area contributed by atoms with Gasteiger partial charge in [-0.15, -0.1) is 0 Å². The first kappa shape index (κ1) is 45.3. The number of hydrogen-bond donors (Lipinski definition) is 4. The number of aromatic amines is 1. The zero-order chi connectivity index (χ0) is 47.5. The summed E-state index contributed by atoms with van der Waals surface area (Å²) in [4.78, 5) is 65.0. The summed E-state index contributed by atoms with van der Waals surface area (Å²) in [5.41, 5.74) is 2.88. The molecular weight excluding hydrogens is 904 g/mol. The van der Waals surface area contributed by atoms with Gasteiger partial charge in [0, 0.05) is 117 Å². The van der Waals surface area contributed by atoms with E-state index in [-0.39, 0.29) is 49.2 Å². The van der Waals surface area contributed by atoms with Crippen LogP contribution >= 0.6 is 0 Å². The van der Waals surface area contributed by atoms with E-state index in [2.05, 4.69) is 47.4 Å². The summed E-state index contributed by atoms with van der Waals surface area (Å²) < 4.78 is 78.7. The normalized spacial score (nSPS) is 21.1. The van der Waals surface area contributed by atoms with Gasteiger partial charge in [-0.3, -0.25) is 29.2 Å². The third-order valence-electron chi connectivity index (χ3n) is 14.0. The predicted molar refractivity (Wildman–Crippen MR) is 248 cm³/mol. The summed E-state index contributed by atoms with van der Waals surface area (Å²) in [6.45, 7) is 6.35. The van der Waals surface area contributed by atoms with Crippen molar-refractivity contribution in [1.82, 2.24) is 29.8 Å². The van der Waals surface area contributed by atoms with E-state index in [0.29, 0.717) is 33.8 Å². The van der Waals surface area contributed by atoms with E-state index >= 15 is 8.78 Å². The lowest BCUT2D eigenvalue weighted by Crippen LogP contribution is -2.72. The molecule has 356 valence electrons. The maximum Gasteiger partial charge on any atom is 0.301 e. The minimum atomic E-state index is -4.36. The minimum absolute atomic E-state index is 0.00273. The summed E-state index contributed by atoms with van der Waals surface area (Å²) in [7, 11) is -2.84. The molecule has 2 aromatic heterocycles. The van der Waals surface area contributed by atoms with Gasteiger partial charge in [0.2, 0.25) is 17.6 Å². The average Bonchev–Trinajstić information content (AvgIpc) is 3.95. The van der Waals surface area contributed by atoms with E-state index in [1.165, 1.54) is 13.3 Å². The van der Waals surface area contributed by atoms with Crippen molar-refractivity contribution in [3.8, 4) is 16.9 Å². The van der Waals surface area contributed by atoms with Gasteiger partial charge in [-0.05, 0) is 79.6 Å². The molecule has 4 N–H and O–H groups in total. The van der Waals surface area contributed by atoms with Gasteiger partial charge in [-0.1, -0.05) is 12.1 Å². The standard InChI is InChI=1S/C48H50F3N9O7S/c1-67-40-19-33(6-7-34(40)46(63)54-39-10-11-41(61)55-47(39)64)59-26-48(27-59)24-57(25-48)22-28-12-15-58(16-13-28)32-4-2-29(3-5-32)30-18-35-36(21-53-45(35)52-20-30)44(62)42-37(50)8-9-38(43(42)51)56-68(65,66)60-17-14-31(49)23-60/h2-9,18-21,28,31,39,56H,10-17,22-27H2,1H3,(H,52,53)(H,54,63)(H,55,61,64)/t31-,39?/m1/s1. The second kappa shape index (κ2) is 17.9. The average molecular weight is 954 g/mol. The molecule has 0 aliphatic carbocycles. The van der Waals surface area contributed by atoms with Gasteiger partial charge in [0.25, 0.3) is 5.91 Å². The maximum absolute atomic E-state index is 15.8. The van der Waals surface area contributed by atoms with Gasteiger partial charge >= 0.3 is 10.2 Å². The number of amides is 3. The SMILES string of the molecule is COc1cc(N2CC3(CN(CC4CCN(c5ccc(-c6cnc7[nH]cc(C(=O)c8c(F)ccc(NS(=O)(=O)N9CC[C@@H](F)C9)c8F)c7c6)cc5)CC4)C3)C2)ccc1C(=O)NC1CCC(=O)NC1=O. The lowest BCUT2D eigenvalue weighted by Gasteiger charge is -2.61. The molecule has 68 heavy (non-hydrogen) atoms. The van der Waals surface area contributed by atoms with Crippen LogP contribution in [0.1, 0.15) is 58.4 Å². The first-order valence-corrected chi connectivity index (χ1v) is 24.2. The number of nitrogens with one attached hydrogen (secondary N) is 4. The second-order valence-electron chi connectivity index (χ2n) is 18.7. The fourth-order valence-electron chi connectivity index (χ4n) is 10.3. The predicted octanol–water partition coefficient (Wildman–Crippen LogP) is 5.02. The number of ether oxygens (including phenoxy) is 1. The number of methoxy groups -OCH3 is 1. The Hall–Kier alpha value is -6.51. The van der Waals surface area contributed by atoms with Crippen molar-refractivity contribution < 1.29 is 45.5 Å². The van der Waals surface area contributed by atoms with Crippen molar-refractivity contribution in [2.24, 2.45) is 11.3 Å². The molecule has 0 saturated carbocycles. The van der Waals surface area contributed by atoms with Crippen LogP contribution < -0.4 is 29.9 Å². The van der Waals surface area contributed by atoms with E-state index in [9.17, 15) is 32.0 Å². The molecule has 2 atom stereocenters. The van der Waals surface area contributed by atoms with Crippen LogP contribution in [0, 0.1) is 23.0 Å². The monoisotopic (exact) mass is 953 g/mol. The Morgan fingerprint density at radius 1 is 0.882 bits per heavy atom. The largest absolute Gasteiger partial charge is 0.496 e. The van der Waals surface area contributed by atoms with E-state index in [1.807, 2.05) is 29.0 Å². The number of benzene rings is 3. The van der Waals surface area contributed by atoms with Gasteiger partial charge in [0.05, 0.1) is 23.9 Å². The molecule has 5 aliphatic rings. The minimum Gasteiger partial charge on any atom is -0.496 e. The Balaban J connectivity index is 0.710. The number of ketones is 1. The quantitative estimate of drug-likeness (QED) is 0.0917. The van der Waals surface area contributed by atoms with Crippen LogP contribution in [0.15, 0.2) is 73.1 Å². The van der Waals surface area contributed by atoms with E-state index in [1.54, 1.807) is 18.3 Å². The van der Waals surface area contributed by atoms with Gasteiger partial charge in [0.1, 0.15) is 29.4 Å². The number of nitrogens with zero attached hydrogens (tertiary/aromatic N) is 5. The van der Waals surface area contributed by atoms with Crippen molar-refractivity contribution >= 4 is 61.8 Å². The number of anilines is 3. The molecule has 3 amide bonds. The Bertz CT molecular complexity index is 2930. The number of halogens is 3. The van der Waals surface area contributed by atoms with Crippen molar-refractivity contribution in [1.29, 1.82) is 0 Å². The smallest absolute Gasteiger partial charge is 0.301 e. The highest BCUT2D eigenvalue weighted by atomic mass is 32.2. The fraction of sp³-hybridized carbons (Fsp3) is 0.396. The molecule has 7 heterocycles. The molecule has 5 aromatic rings. The highest BCUT2D eigenvalue weighted by molar-refractivity contribution is 7.90. The third kappa shape index (κ3) is 8.75. The molecule has 1 unspecified atom stereocenters. The molecule has 16 nitrogen and oxygen atoms in total. The van der Waals surface area contributed by atoms with Crippen LogP contribution in [0.5, 0.6) is 5.75 Å². The highest BCUT2D eigenvalue weighted by Crippen LogP contribution is 2.44. The summed E-state index contributed by atoms with van der Waals surface area (Å²) in [6.07, 6.45) is 4.19. The zero-order valence-corrected chi connectivity index (χ0v) is 38.0. The van der Waals surface area contributed by atoms with Crippen LogP contribution in [0.3, 0.4) is 0 Å². The first-order chi connectivity index (χ1) is 32.7. The number of fused-ring (bicyclic) bond motifs is 1. The van der Waals surface area contributed by atoms with Crippen LogP contribution in [0.4, 0.5) is 30.2 Å². The second-order valence-corrected chi connectivity index (χ2v) is 20.3. The molecule has 20 heteroatoms. The molecule has 0 radical (unpaired) electrons. The topological polar surface area (TPSA) is 189 Å². The van der Waals surface area contributed by atoms with Gasteiger partial charge in [-0.2, -0.15) is 12.7 Å². The molecule has 5 aliphatic heterocycles. The van der Waals surface area contributed by atoms with Crippen molar-refractivity contribution in [3.05, 3.63) is 101 Å². The van der Waals surface area contributed by atoms with Crippen LogP contribution in [0.2, 0.25) is 0 Å². The third-order valence-corrected chi connectivity index (χ3v) is 15.5. The molecule has 10 rings (SSSR count). The van der Waals surface area contributed by atoms with E-state index in [4.69, 9.17) is 4.74 Å². The number of piperidine rings is 2. The lowest BCUT2D eigenvalue weighted by atomic mass is 9.72. The Kier molecular flexibility index (Phi) is 11.9. The Labute approximate surface area is 390 Å². The Morgan fingerprint density at radius 3 is 2.34 bits per heavy atom. The molecule has 5 saturated heterocycles. The fourth-order valence-corrected chi connectivity index (χ4v) is 11.6.